The molecule has 0 radical (unpaired) electrons. The fourth-order valence-corrected chi connectivity index (χ4v) is 5.24. The molecule has 0 saturated heterocycles. The molecule has 0 aliphatic carbocycles. The number of anilines is 2. The summed E-state index contributed by atoms with van der Waals surface area (Å²) >= 11 is 2.87. The Bertz CT molecular complexity index is 1350. The van der Waals surface area contributed by atoms with Gasteiger partial charge in [-0.25, -0.2) is 4.98 Å². The summed E-state index contributed by atoms with van der Waals surface area (Å²) in [4.78, 5) is 30.7. The van der Waals surface area contributed by atoms with Crippen molar-refractivity contribution in [3.05, 3.63) is 84.4 Å². The topological polar surface area (TPSA) is 80.3 Å². The second-order valence-corrected chi connectivity index (χ2v) is 9.92. The van der Waals surface area contributed by atoms with Crippen LogP contribution in [0.5, 0.6) is 5.75 Å². The van der Waals surface area contributed by atoms with Crippen LogP contribution in [-0.4, -0.2) is 29.2 Å². The Kier molecular flexibility index (Phi) is 8.18. The van der Waals surface area contributed by atoms with E-state index < -0.39 is 0 Å². The lowest BCUT2D eigenvalue weighted by atomic mass is 10.2. The molecule has 35 heavy (non-hydrogen) atoms. The van der Waals surface area contributed by atoms with Crippen LogP contribution in [0.25, 0.3) is 16.3 Å². The van der Waals surface area contributed by atoms with Gasteiger partial charge in [0.15, 0.2) is 5.13 Å². The summed E-state index contributed by atoms with van der Waals surface area (Å²) in [5, 5.41) is 6.08. The number of thiazole rings is 1. The third-order valence-corrected chi connectivity index (χ3v) is 7.39. The highest BCUT2D eigenvalue weighted by Gasteiger charge is 2.20. The molecule has 0 fully saturated rings. The van der Waals surface area contributed by atoms with Gasteiger partial charge in [0.05, 0.1) is 22.6 Å². The molecule has 0 bridgehead atoms. The Hall–Kier alpha value is -3.62. The van der Waals surface area contributed by atoms with Crippen LogP contribution in [0.15, 0.2) is 83.8 Å². The van der Waals surface area contributed by atoms with Crippen molar-refractivity contribution in [3.8, 4) is 5.75 Å². The average Bonchev–Trinajstić information content (AvgIpc) is 3.28. The van der Waals surface area contributed by atoms with Crippen LogP contribution in [0, 0.1) is 0 Å². The van der Waals surface area contributed by atoms with E-state index in [-0.39, 0.29) is 17.1 Å². The SMILES string of the molecule is CCC(Sc1cccc(NC(=O)/C=C/c2ccccc2)c1)C(=O)Nc1nc2ccc(OC)cc2s1. The van der Waals surface area contributed by atoms with Gasteiger partial charge in [0.2, 0.25) is 11.8 Å². The third kappa shape index (κ3) is 6.71. The summed E-state index contributed by atoms with van der Waals surface area (Å²) in [6.07, 6.45) is 3.92. The molecule has 1 heterocycles. The van der Waals surface area contributed by atoms with Gasteiger partial charge in [-0.05, 0) is 54.5 Å². The zero-order valence-corrected chi connectivity index (χ0v) is 21.0. The molecule has 2 N–H and O–H groups in total. The molecule has 6 nitrogen and oxygen atoms in total. The number of nitrogens with zero attached hydrogens (tertiary/aromatic N) is 1. The van der Waals surface area contributed by atoms with E-state index in [0.29, 0.717) is 17.2 Å². The van der Waals surface area contributed by atoms with E-state index in [1.807, 2.05) is 79.7 Å². The van der Waals surface area contributed by atoms with Gasteiger partial charge >= 0.3 is 0 Å². The molecule has 0 aliphatic rings. The maximum Gasteiger partial charge on any atom is 0.248 e. The largest absolute Gasteiger partial charge is 0.497 e. The van der Waals surface area contributed by atoms with E-state index >= 15 is 0 Å². The lowest BCUT2D eigenvalue weighted by molar-refractivity contribution is -0.115. The quantitative estimate of drug-likeness (QED) is 0.202. The number of hydrogen-bond donors (Lipinski definition) is 2. The zero-order valence-electron chi connectivity index (χ0n) is 19.4. The summed E-state index contributed by atoms with van der Waals surface area (Å²) in [7, 11) is 1.62. The Morgan fingerprint density at radius 3 is 2.66 bits per heavy atom. The molecule has 1 atom stereocenters. The first-order chi connectivity index (χ1) is 17.0. The van der Waals surface area contributed by atoms with E-state index in [9.17, 15) is 9.59 Å². The Morgan fingerprint density at radius 2 is 1.89 bits per heavy atom. The van der Waals surface area contributed by atoms with Crippen molar-refractivity contribution in [2.75, 3.05) is 17.7 Å². The predicted molar refractivity (Wildman–Crippen MR) is 145 cm³/mol. The standard InChI is InChI=1S/C27H25N3O3S2/c1-3-23(26(32)30-27-29-22-14-13-20(33-2)17-24(22)35-27)34-21-11-7-10-19(16-21)28-25(31)15-12-18-8-5-4-6-9-18/h4-17,23H,3H2,1-2H3,(H,28,31)(H,29,30,32)/b15-12+. The molecule has 0 spiro atoms. The zero-order chi connectivity index (χ0) is 24.6. The summed E-state index contributed by atoms with van der Waals surface area (Å²) in [6, 6.07) is 22.8. The van der Waals surface area contributed by atoms with Gasteiger partial charge in [0.1, 0.15) is 5.75 Å². The first kappa shape index (κ1) is 24.5. The van der Waals surface area contributed by atoms with Gasteiger partial charge in [-0.15, -0.1) is 11.8 Å². The van der Waals surface area contributed by atoms with Crippen molar-refractivity contribution in [2.24, 2.45) is 0 Å². The smallest absolute Gasteiger partial charge is 0.248 e. The van der Waals surface area contributed by atoms with E-state index in [1.54, 1.807) is 13.2 Å². The van der Waals surface area contributed by atoms with Gasteiger partial charge in [-0.3, -0.25) is 9.59 Å². The number of ether oxygens (including phenoxy) is 1. The van der Waals surface area contributed by atoms with Crippen molar-refractivity contribution < 1.29 is 14.3 Å². The van der Waals surface area contributed by atoms with Crippen molar-refractivity contribution in [3.63, 3.8) is 0 Å². The average molecular weight is 504 g/mol. The van der Waals surface area contributed by atoms with Gasteiger partial charge < -0.3 is 15.4 Å². The molecule has 4 aromatic rings. The monoisotopic (exact) mass is 503 g/mol. The Balaban J connectivity index is 1.38. The van der Waals surface area contributed by atoms with E-state index in [2.05, 4.69) is 15.6 Å². The number of rotatable bonds is 9. The van der Waals surface area contributed by atoms with Crippen LogP contribution in [0.4, 0.5) is 10.8 Å². The number of aromatic nitrogens is 1. The highest BCUT2D eigenvalue weighted by Crippen LogP contribution is 2.32. The molecular weight excluding hydrogens is 478 g/mol. The van der Waals surface area contributed by atoms with Crippen LogP contribution < -0.4 is 15.4 Å². The highest BCUT2D eigenvalue weighted by atomic mass is 32.2. The van der Waals surface area contributed by atoms with Crippen molar-refractivity contribution in [1.82, 2.24) is 4.98 Å². The predicted octanol–water partition coefficient (Wildman–Crippen LogP) is 6.47. The summed E-state index contributed by atoms with van der Waals surface area (Å²) in [5.74, 6) is 0.431. The molecule has 8 heteroatoms. The maximum absolute atomic E-state index is 13.0. The number of methoxy groups -OCH3 is 1. The minimum atomic E-state index is -0.305. The minimum absolute atomic E-state index is 0.108. The number of hydrogen-bond acceptors (Lipinski definition) is 6. The number of thioether (sulfide) groups is 1. The first-order valence-corrected chi connectivity index (χ1v) is 12.8. The Labute approximate surface area is 212 Å². The lowest BCUT2D eigenvalue weighted by Gasteiger charge is -2.14. The molecule has 1 aromatic heterocycles. The van der Waals surface area contributed by atoms with Crippen LogP contribution >= 0.6 is 23.1 Å². The number of carbonyl (C=O) groups is 2. The minimum Gasteiger partial charge on any atom is -0.497 e. The molecule has 1 unspecified atom stereocenters. The summed E-state index contributed by atoms with van der Waals surface area (Å²) in [5.41, 5.74) is 2.45. The van der Waals surface area contributed by atoms with Gasteiger partial charge in [-0.2, -0.15) is 0 Å². The molecule has 3 aromatic carbocycles. The second kappa shape index (κ2) is 11.7. The summed E-state index contributed by atoms with van der Waals surface area (Å²) < 4.78 is 6.21. The fourth-order valence-electron chi connectivity index (χ4n) is 3.32. The number of carbonyl (C=O) groups excluding carboxylic acids is 2. The van der Waals surface area contributed by atoms with Gasteiger partial charge in [0.25, 0.3) is 0 Å². The first-order valence-electron chi connectivity index (χ1n) is 11.1. The molecule has 0 aliphatic heterocycles. The Morgan fingerprint density at radius 1 is 1.06 bits per heavy atom. The van der Waals surface area contributed by atoms with Crippen molar-refractivity contribution in [1.29, 1.82) is 0 Å². The van der Waals surface area contributed by atoms with Crippen LogP contribution in [0.1, 0.15) is 18.9 Å². The van der Waals surface area contributed by atoms with Crippen molar-refractivity contribution in [2.45, 2.75) is 23.5 Å². The number of amides is 2. The normalized spacial score (nSPS) is 11.9. The van der Waals surface area contributed by atoms with Crippen LogP contribution in [-0.2, 0) is 9.59 Å². The second-order valence-electron chi connectivity index (χ2n) is 7.62. The molecule has 0 saturated carbocycles. The lowest BCUT2D eigenvalue weighted by Crippen LogP contribution is -2.24. The van der Waals surface area contributed by atoms with E-state index in [1.165, 1.54) is 29.2 Å². The maximum atomic E-state index is 13.0. The molecule has 178 valence electrons. The third-order valence-electron chi connectivity index (χ3n) is 5.10. The van der Waals surface area contributed by atoms with E-state index in [4.69, 9.17) is 4.74 Å². The number of fused-ring (bicyclic) bond motifs is 1. The van der Waals surface area contributed by atoms with Crippen molar-refractivity contribution >= 4 is 62.0 Å². The molecule has 4 rings (SSSR count). The number of benzene rings is 3. The molecular formula is C27H25N3O3S2. The highest BCUT2D eigenvalue weighted by molar-refractivity contribution is 8.00. The van der Waals surface area contributed by atoms with Crippen LogP contribution in [0.3, 0.4) is 0 Å². The van der Waals surface area contributed by atoms with Crippen LogP contribution in [0.2, 0.25) is 0 Å². The van der Waals surface area contributed by atoms with Gasteiger partial charge in [-0.1, -0.05) is 54.7 Å². The van der Waals surface area contributed by atoms with E-state index in [0.717, 1.165) is 26.4 Å². The number of nitrogens with one attached hydrogen (secondary N) is 2. The fraction of sp³-hybridized carbons (Fsp3) is 0.148. The summed E-state index contributed by atoms with van der Waals surface area (Å²) in [6.45, 7) is 1.97. The van der Waals surface area contributed by atoms with Gasteiger partial charge in [0, 0.05) is 16.7 Å². The molecule has 2 amide bonds.